The van der Waals surface area contributed by atoms with Gasteiger partial charge in [0.05, 0.1) is 5.56 Å². The Hall–Kier alpha value is -1.79. The third kappa shape index (κ3) is 3.33. The van der Waals surface area contributed by atoms with E-state index in [0.29, 0.717) is 12.1 Å². The molecule has 25 heavy (non-hydrogen) atoms. The van der Waals surface area contributed by atoms with Gasteiger partial charge in [-0.3, -0.25) is 9.36 Å². The van der Waals surface area contributed by atoms with Crippen molar-refractivity contribution >= 4 is 18.3 Å². The number of rotatable bonds is 3. The molecule has 4 rings (SSSR count). The third-order valence-corrected chi connectivity index (χ3v) is 5.33. The lowest BCUT2D eigenvalue weighted by Crippen LogP contribution is -2.48. The molecular formula is C18H25ClN4O2. The lowest BCUT2D eigenvalue weighted by atomic mass is 9.99. The smallest absolute Gasteiger partial charge is 0.253 e. The average Bonchev–Trinajstić information content (AvgIpc) is 3.18. The lowest BCUT2D eigenvalue weighted by molar-refractivity contribution is 0.0923. The summed E-state index contributed by atoms with van der Waals surface area (Å²) in [6, 6.07) is 5.23. The fourth-order valence-electron chi connectivity index (χ4n) is 4.24. The number of carbonyl (C=O) groups is 1. The van der Waals surface area contributed by atoms with Crippen molar-refractivity contribution in [3.05, 3.63) is 34.8 Å². The molecule has 2 aromatic rings. The lowest BCUT2D eigenvalue weighted by Gasteiger charge is -2.29. The number of halogens is 1. The molecular weight excluding hydrogens is 340 g/mol. The molecule has 1 amide bonds. The van der Waals surface area contributed by atoms with Gasteiger partial charge < -0.3 is 15.2 Å². The van der Waals surface area contributed by atoms with Crippen molar-refractivity contribution < 1.29 is 9.32 Å². The molecule has 2 aliphatic heterocycles. The van der Waals surface area contributed by atoms with Crippen molar-refractivity contribution in [1.82, 2.24) is 20.4 Å². The first kappa shape index (κ1) is 18.0. The molecule has 2 aromatic heterocycles. The van der Waals surface area contributed by atoms with Gasteiger partial charge in [-0.15, -0.1) is 12.4 Å². The highest BCUT2D eigenvalue weighted by molar-refractivity contribution is 5.96. The molecule has 2 N–H and O–H groups in total. The van der Waals surface area contributed by atoms with Gasteiger partial charge in [-0.25, -0.2) is 0 Å². The van der Waals surface area contributed by atoms with Crippen molar-refractivity contribution in [2.45, 2.75) is 64.6 Å². The molecule has 2 aliphatic rings. The van der Waals surface area contributed by atoms with Crippen molar-refractivity contribution in [2.75, 3.05) is 0 Å². The van der Waals surface area contributed by atoms with E-state index >= 15 is 0 Å². The molecule has 0 aliphatic carbocycles. The molecule has 136 valence electrons. The second kappa shape index (κ2) is 6.84. The van der Waals surface area contributed by atoms with Crippen molar-refractivity contribution in [2.24, 2.45) is 0 Å². The van der Waals surface area contributed by atoms with E-state index in [1.54, 1.807) is 0 Å². The Balaban J connectivity index is 0.00000182. The van der Waals surface area contributed by atoms with Gasteiger partial charge in [0.2, 0.25) is 0 Å². The van der Waals surface area contributed by atoms with E-state index in [4.69, 9.17) is 4.52 Å². The van der Waals surface area contributed by atoms with Crippen LogP contribution in [-0.4, -0.2) is 33.8 Å². The molecule has 0 saturated carbocycles. The van der Waals surface area contributed by atoms with Crippen molar-refractivity contribution in [3.63, 3.8) is 0 Å². The number of hydrogen-bond donors (Lipinski definition) is 2. The largest absolute Gasteiger partial charge is 0.360 e. The Morgan fingerprint density at radius 3 is 2.52 bits per heavy atom. The van der Waals surface area contributed by atoms with Crippen LogP contribution in [0, 0.1) is 20.8 Å². The maximum Gasteiger partial charge on any atom is 0.253 e. The standard InChI is InChI=1S/C18H24N4O2.ClH/c1-10-6-16(12(3)22(10)17-7-11(2)24-21-17)18(23)20-15-8-13-4-5-14(9-15)19-13;/h6-7,13-15,19H,4-5,8-9H2,1-3H3,(H,20,23);1H. The van der Waals surface area contributed by atoms with Gasteiger partial charge in [-0.1, -0.05) is 5.16 Å². The monoisotopic (exact) mass is 364 g/mol. The number of aryl methyl sites for hydroxylation is 2. The van der Waals surface area contributed by atoms with Gasteiger partial charge in [0.25, 0.3) is 5.91 Å². The Morgan fingerprint density at radius 2 is 1.92 bits per heavy atom. The van der Waals surface area contributed by atoms with E-state index in [1.165, 1.54) is 12.8 Å². The van der Waals surface area contributed by atoms with Crippen LogP contribution in [0.4, 0.5) is 0 Å². The Bertz CT molecular complexity index is 770. The molecule has 2 fully saturated rings. The van der Waals surface area contributed by atoms with Crippen molar-refractivity contribution in [1.29, 1.82) is 0 Å². The summed E-state index contributed by atoms with van der Waals surface area (Å²) in [6.07, 6.45) is 4.53. The first-order valence-corrected chi connectivity index (χ1v) is 8.71. The maximum absolute atomic E-state index is 12.8. The van der Waals surface area contributed by atoms with Gasteiger partial charge in [-0.2, -0.15) is 0 Å². The molecule has 0 spiro atoms. The number of amides is 1. The number of hydrogen-bond acceptors (Lipinski definition) is 4. The summed E-state index contributed by atoms with van der Waals surface area (Å²) in [5.41, 5.74) is 2.60. The predicted molar refractivity (Wildman–Crippen MR) is 97.7 cm³/mol. The number of nitrogens with zero attached hydrogens (tertiary/aromatic N) is 2. The maximum atomic E-state index is 12.8. The van der Waals surface area contributed by atoms with Crippen LogP contribution in [0.25, 0.3) is 5.82 Å². The SMILES string of the molecule is Cc1cc(-n2c(C)cc(C(=O)NC3CC4CCC(C3)N4)c2C)no1.Cl. The summed E-state index contributed by atoms with van der Waals surface area (Å²) >= 11 is 0. The van der Waals surface area contributed by atoms with Crippen LogP contribution in [0.3, 0.4) is 0 Å². The van der Waals surface area contributed by atoms with Crippen LogP contribution < -0.4 is 10.6 Å². The van der Waals surface area contributed by atoms with E-state index in [0.717, 1.165) is 41.4 Å². The average molecular weight is 365 g/mol. The minimum absolute atomic E-state index is 0. The minimum Gasteiger partial charge on any atom is -0.360 e. The van der Waals surface area contributed by atoms with Crippen LogP contribution in [0.15, 0.2) is 16.7 Å². The van der Waals surface area contributed by atoms with Gasteiger partial charge in [0.15, 0.2) is 5.82 Å². The zero-order chi connectivity index (χ0) is 16.8. The summed E-state index contributed by atoms with van der Waals surface area (Å²) in [5, 5.41) is 10.9. The second-order valence-corrected chi connectivity index (χ2v) is 7.20. The quantitative estimate of drug-likeness (QED) is 0.878. The van der Waals surface area contributed by atoms with Gasteiger partial charge in [-0.05, 0) is 52.5 Å². The minimum atomic E-state index is 0. The second-order valence-electron chi connectivity index (χ2n) is 7.20. The fraction of sp³-hybridized carbons (Fsp3) is 0.556. The summed E-state index contributed by atoms with van der Waals surface area (Å²) < 4.78 is 7.14. The molecule has 0 aromatic carbocycles. The molecule has 0 radical (unpaired) electrons. The van der Waals surface area contributed by atoms with Crippen LogP contribution in [0.5, 0.6) is 0 Å². The summed E-state index contributed by atoms with van der Waals surface area (Å²) in [6.45, 7) is 5.81. The number of fused-ring (bicyclic) bond motifs is 2. The molecule has 2 atom stereocenters. The highest BCUT2D eigenvalue weighted by atomic mass is 35.5. The molecule has 2 unspecified atom stereocenters. The van der Waals surface area contributed by atoms with Gasteiger partial charge >= 0.3 is 0 Å². The molecule has 2 saturated heterocycles. The van der Waals surface area contributed by atoms with E-state index in [2.05, 4.69) is 15.8 Å². The zero-order valence-corrected chi connectivity index (χ0v) is 15.7. The van der Waals surface area contributed by atoms with E-state index < -0.39 is 0 Å². The zero-order valence-electron chi connectivity index (χ0n) is 14.8. The highest BCUT2D eigenvalue weighted by Gasteiger charge is 2.34. The fourth-order valence-corrected chi connectivity index (χ4v) is 4.24. The van der Waals surface area contributed by atoms with Crippen LogP contribution >= 0.6 is 12.4 Å². The van der Waals surface area contributed by atoms with E-state index in [-0.39, 0.29) is 24.4 Å². The Kier molecular flexibility index (Phi) is 4.93. The topological polar surface area (TPSA) is 72.1 Å². The summed E-state index contributed by atoms with van der Waals surface area (Å²) in [5.74, 6) is 1.50. The summed E-state index contributed by atoms with van der Waals surface area (Å²) in [7, 11) is 0. The summed E-state index contributed by atoms with van der Waals surface area (Å²) in [4.78, 5) is 12.8. The molecule has 6 nitrogen and oxygen atoms in total. The highest BCUT2D eigenvalue weighted by Crippen LogP contribution is 2.27. The van der Waals surface area contributed by atoms with Crippen molar-refractivity contribution in [3.8, 4) is 5.82 Å². The first-order valence-electron chi connectivity index (χ1n) is 8.71. The molecule has 2 bridgehead atoms. The number of piperidine rings is 1. The molecule has 7 heteroatoms. The van der Waals surface area contributed by atoms with Gasteiger partial charge in [0.1, 0.15) is 5.76 Å². The van der Waals surface area contributed by atoms with E-state index in [9.17, 15) is 4.79 Å². The Morgan fingerprint density at radius 1 is 1.24 bits per heavy atom. The third-order valence-electron chi connectivity index (χ3n) is 5.33. The van der Waals surface area contributed by atoms with Crippen LogP contribution in [0.1, 0.15) is 53.2 Å². The van der Waals surface area contributed by atoms with Gasteiger partial charge in [0, 0.05) is 35.6 Å². The van der Waals surface area contributed by atoms with Crippen LogP contribution in [-0.2, 0) is 0 Å². The van der Waals surface area contributed by atoms with E-state index in [1.807, 2.05) is 37.5 Å². The number of carbonyl (C=O) groups excluding carboxylic acids is 1. The normalized spacial score (nSPS) is 24.8. The first-order chi connectivity index (χ1) is 11.5. The Labute approximate surface area is 153 Å². The number of nitrogens with one attached hydrogen (secondary N) is 2. The van der Waals surface area contributed by atoms with Crippen LogP contribution in [0.2, 0.25) is 0 Å². The predicted octanol–water partition coefficient (Wildman–Crippen LogP) is 2.83. The number of aromatic nitrogens is 2. The molecule has 4 heterocycles.